The smallest absolute Gasteiger partial charge is 0.147 e. The Morgan fingerprint density at radius 3 is 0.860 bits per heavy atom. The summed E-state index contributed by atoms with van der Waals surface area (Å²) in [5.74, 6) is 3.29. The van der Waals surface area contributed by atoms with Gasteiger partial charge in [0.2, 0.25) is 0 Å². The van der Waals surface area contributed by atoms with Crippen LogP contribution in [0.1, 0.15) is 162 Å². The van der Waals surface area contributed by atoms with Crippen molar-refractivity contribution < 1.29 is 40.1 Å². The van der Waals surface area contributed by atoms with Crippen molar-refractivity contribution >= 4 is 66.2 Å². The lowest BCUT2D eigenvalue weighted by atomic mass is 9.72. The summed E-state index contributed by atoms with van der Waals surface area (Å²) in [7, 11) is 0. The predicted molar refractivity (Wildman–Crippen MR) is 537 cm³/mol. The number of nitrogens with zero attached hydrogens (tertiary/aromatic N) is 18. The summed E-state index contributed by atoms with van der Waals surface area (Å²) in [4.78, 5) is 11.9. The standard InChI is InChI=1S/C30H29N3O.C20H25N3O.C16H17N3O2.C16H17N3O.C15H15N3O2.C13H11N3O/c1-29(2,21-13-7-5-8-14-21)23-19-24(30(3,4)22-15-9-6-10-16-22)28(34)27(20-23)33-31-25-17-11-12-18-26(25)32(31)33;1-19(2,3)13-20(4,5)14-10-11-18(24)17(12-14)23-21-15-8-6-7-9-16(15)22(21)23;1-2-3-10-21-12-8-9-16(20)15(11-12)19-17-13-6-4-5-7-14(13)18(17)19;1-16(2,3)11-8-9-15(20)14(10-11)19-17-12-6-4-5-7-13(12)18(17)19;1-2-9-20-11-7-8-15(19)14(10-11)18-16-12-5-3-4-6-13(12)17(16)18;1-9-6-7-13(17)12(8-9)16-14-10-4-2-3-5-11(10)15(14)16/h5-20,34H,1-4H3;6-12,24H,13H2,1-5H3;4-9,11,20H,2-3,10H2,1H3;4-10,20H,1-3H3;3-8,10,19H,2,9H2,1H3;2-8,17H,1H3. The molecule has 0 saturated carbocycles. The van der Waals surface area contributed by atoms with Crippen LogP contribution in [-0.4, -0.2) is 128 Å². The average molecular weight is 1820 g/mol. The van der Waals surface area contributed by atoms with E-state index in [-0.39, 0.29) is 38.6 Å². The van der Waals surface area contributed by atoms with Gasteiger partial charge in [0.25, 0.3) is 0 Å². The number of aromatic hydroxyl groups is 6. The molecule has 0 aliphatic heterocycles. The molecule has 0 unspecified atom stereocenters. The normalized spacial score (nSPS) is 12.6. The minimum atomic E-state index is -0.380. The quantitative estimate of drug-likeness (QED) is 0.0426. The highest BCUT2D eigenvalue weighted by molar-refractivity contribution is 5.84. The first-order valence-electron chi connectivity index (χ1n) is 46.7. The van der Waals surface area contributed by atoms with E-state index in [0.29, 0.717) is 36.2 Å². The molecule has 12 aromatic heterocycles. The van der Waals surface area contributed by atoms with Crippen LogP contribution in [0.25, 0.3) is 100 Å². The highest BCUT2D eigenvalue weighted by Crippen LogP contribution is 2.48. The molecule has 0 spiro atoms. The number of hydrogen-bond donors (Lipinski definition) is 6. The SMILES string of the molecule is CC(C)(C)CC(C)(C)c1ccc(O)c(-n2n3c4ccccc4n23)c1.CC(C)(C)c1ccc(O)c(-n2n3c4ccccc4n23)c1.CC(C)(c1ccccc1)c1cc(-n2n3c4ccccc4n23)c(O)c(C(C)(C)c2ccccc2)c1.CCCCOc1ccc(O)c(-n2n3c4ccccc4n23)c1.CCCOc1ccc(O)c(-n2n3c4ccccc4n23)c1.Cc1ccc(O)c(-n2n3c4ccccc4n23)c1. The number of para-hydroxylation sites is 12. The van der Waals surface area contributed by atoms with Gasteiger partial charge in [0.05, 0.1) is 13.2 Å². The van der Waals surface area contributed by atoms with E-state index in [1.165, 1.54) is 60.9 Å². The molecule has 26 aromatic rings. The molecule has 26 nitrogen and oxygen atoms in total. The molecule has 0 saturated heterocycles. The highest BCUT2D eigenvalue weighted by Gasteiger charge is 2.38. The monoisotopic (exact) mass is 1810 g/mol. The van der Waals surface area contributed by atoms with E-state index in [1.807, 2.05) is 180 Å². The summed E-state index contributed by atoms with van der Waals surface area (Å²) in [6.07, 6.45) is 4.18. The lowest BCUT2D eigenvalue weighted by Crippen LogP contribution is -2.24. The van der Waals surface area contributed by atoms with Crippen LogP contribution in [0.3, 0.4) is 0 Å². The summed E-state index contributed by atoms with van der Waals surface area (Å²) >= 11 is 0. The average Bonchev–Trinajstić information content (AvgIpc) is 1.52. The highest BCUT2D eigenvalue weighted by atomic mass is 16.5. The Kier molecular flexibility index (Phi) is 20.6. The molecule has 0 atom stereocenters. The van der Waals surface area contributed by atoms with E-state index < -0.39 is 0 Å². The van der Waals surface area contributed by atoms with Crippen LogP contribution in [0, 0.1) is 12.3 Å². The van der Waals surface area contributed by atoms with Crippen LogP contribution in [0.15, 0.2) is 309 Å². The molecule has 0 amide bonds. The van der Waals surface area contributed by atoms with Gasteiger partial charge in [-0.1, -0.05) is 261 Å². The number of fused-ring (bicyclic) bond motifs is 24. The molecule has 26 rings (SSSR count). The first-order valence-corrected chi connectivity index (χ1v) is 46.7. The van der Waals surface area contributed by atoms with Gasteiger partial charge in [-0.3, -0.25) is 0 Å². The van der Waals surface area contributed by atoms with Crippen LogP contribution >= 0.6 is 0 Å². The fourth-order valence-electron chi connectivity index (χ4n) is 19.2. The molecule has 0 bridgehead atoms. The second-order valence-electron chi connectivity index (χ2n) is 39.6. The Bertz CT molecular complexity index is 8380. The van der Waals surface area contributed by atoms with Crippen LogP contribution in [0.5, 0.6) is 46.0 Å². The second kappa shape index (κ2) is 32.4. The van der Waals surface area contributed by atoms with Crippen molar-refractivity contribution in [3.63, 3.8) is 0 Å². The lowest BCUT2D eigenvalue weighted by Gasteiger charge is -2.33. The number of phenols is 6. The van der Waals surface area contributed by atoms with E-state index in [1.54, 1.807) is 36.4 Å². The van der Waals surface area contributed by atoms with Crippen molar-refractivity contribution in [2.75, 3.05) is 13.2 Å². The van der Waals surface area contributed by atoms with Gasteiger partial charge in [-0.2, -0.15) is 0 Å². The molecule has 0 aliphatic rings. The van der Waals surface area contributed by atoms with E-state index >= 15 is 0 Å². The Labute approximate surface area is 784 Å². The number of benzene rings is 14. The number of ether oxygens (including phenoxy) is 2. The van der Waals surface area contributed by atoms with E-state index in [9.17, 15) is 30.6 Å². The molecule has 136 heavy (non-hydrogen) atoms. The molecule has 26 heteroatoms. The summed E-state index contributed by atoms with van der Waals surface area (Å²) in [6.45, 7) is 34.4. The number of phenolic OH excluding ortho intramolecular Hbond substituents is 6. The van der Waals surface area contributed by atoms with Crippen molar-refractivity contribution in [1.82, 2.24) is 84.3 Å². The number of unbranched alkanes of at least 4 members (excludes halogenated alkanes) is 1. The van der Waals surface area contributed by atoms with Gasteiger partial charge in [0.1, 0.15) is 146 Å². The van der Waals surface area contributed by atoms with Crippen molar-refractivity contribution in [1.29, 1.82) is 0 Å². The van der Waals surface area contributed by atoms with Gasteiger partial charge < -0.3 is 40.1 Å². The van der Waals surface area contributed by atoms with Gasteiger partial charge in [-0.05, 0) is 215 Å². The topological polar surface area (TPSA) is 222 Å². The van der Waals surface area contributed by atoms with E-state index in [4.69, 9.17) is 9.47 Å². The molecule has 14 aromatic carbocycles. The fraction of sp³-hybridized carbons (Fsp3) is 0.236. The summed E-state index contributed by atoms with van der Waals surface area (Å²) < 4.78 is 35.9. The molecule has 0 aliphatic carbocycles. The minimum absolute atomic E-state index is 0.0489. The molecule has 692 valence electrons. The first kappa shape index (κ1) is 86.6. The Morgan fingerprint density at radius 2 is 0.529 bits per heavy atom. The number of aryl methyl sites for hydroxylation is 1. The third-order valence-corrected chi connectivity index (χ3v) is 26.5. The van der Waals surface area contributed by atoms with Crippen LogP contribution in [0.2, 0.25) is 0 Å². The lowest BCUT2D eigenvalue weighted by molar-refractivity contribution is 0.284. The van der Waals surface area contributed by atoms with E-state index in [0.717, 1.165) is 116 Å². The molecule has 6 N–H and O–H groups in total. The minimum Gasteiger partial charge on any atom is -0.506 e. The zero-order valence-corrected chi connectivity index (χ0v) is 79.2. The molecule has 12 heterocycles. The maximum Gasteiger partial charge on any atom is 0.147 e. The summed E-state index contributed by atoms with van der Waals surface area (Å²) in [6, 6.07) is 103. The van der Waals surface area contributed by atoms with Gasteiger partial charge in [-0.25, -0.2) is 0 Å². The molecular weight excluding hydrogens is 1700 g/mol. The van der Waals surface area contributed by atoms with Gasteiger partial charge in [-0.15, -0.1) is 84.3 Å². The fourth-order valence-corrected chi connectivity index (χ4v) is 19.2. The van der Waals surface area contributed by atoms with Gasteiger partial charge in [0, 0.05) is 28.5 Å². The largest absolute Gasteiger partial charge is 0.506 e. The molecular formula is C110H114N18O8. The summed E-state index contributed by atoms with van der Waals surface area (Å²) in [5.41, 5.74) is 26.6. The van der Waals surface area contributed by atoms with Crippen molar-refractivity contribution in [2.45, 2.75) is 151 Å². The van der Waals surface area contributed by atoms with Crippen molar-refractivity contribution in [2.24, 2.45) is 5.41 Å². The third kappa shape index (κ3) is 14.8. The summed E-state index contributed by atoms with van der Waals surface area (Å²) in [5, 5.41) is 62.3. The van der Waals surface area contributed by atoms with Crippen molar-refractivity contribution in [3.05, 3.63) is 348 Å². The third-order valence-electron chi connectivity index (χ3n) is 26.5. The van der Waals surface area contributed by atoms with Crippen molar-refractivity contribution in [3.8, 4) is 80.1 Å². The Balaban J connectivity index is 0.0000000990. The number of hydrogen-bond acceptors (Lipinski definition) is 8. The van der Waals surface area contributed by atoms with Crippen LogP contribution in [-0.2, 0) is 21.7 Å². The maximum absolute atomic E-state index is 11.7. The van der Waals surface area contributed by atoms with Crippen LogP contribution in [0.4, 0.5) is 0 Å². The zero-order valence-electron chi connectivity index (χ0n) is 79.2. The van der Waals surface area contributed by atoms with E-state index in [2.05, 4.69) is 281 Å². The van der Waals surface area contributed by atoms with Gasteiger partial charge >= 0.3 is 0 Å². The zero-order chi connectivity index (χ0) is 94.7. The van der Waals surface area contributed by atoms with Gasteiger partial charge in [0.15, 0.2) is 0 Å². The second-order valence-corrected chi connectivity index (χ2v) is 39.6. The Morgan fingerprint density at radius 1 is 0.250 bits per heavy atom. The number of aromatic nitrogens is 18. The first-order chi connectivity index (χ1) is 65.4. The molecule has 0 radical (unpaired) electrons. The predicted octanol–water partition coefficient (Wildman–Crippen LogP) is 23.7. The molecule has 0 fully saturated rings. The number of rotatable bonds is 19. The van der Waals surface area contributed by atoms with Crippen LogP contribution < -0.4 is 9.47 Å². The maximum atomic E-state index is 11.7. The Hall–Kier alpha value is -16.1.